The first-order chi connectivity index (χ1) is 16.7. The van der Waals surface area contributed by atoms with Gasteiger partial charge in [0.05, 0.1) is 18.8 Å². The number of fused-ring (bicyclic) bond motifs is 5. The lowest BCUT2D eigenvalue weighted by molar-refractivity contribution is -0.154. The number of aryl methyl sites for hydroxylation is 1. The maximum atomic E-state index is 13.7. The molecule has 4 saturated carbocycles. The summed E-state index contributed by atoms with van der Waals surface area (Å²) in [4.78, 5) is 17.9. The lowest BCUT2D eigenvalue weighted by Gasteiger charge is -2.62. The highest BCUT2D eigenvalue weighted by Crippen LogP contribution is 2.68. The number of nitrogens with zero attached hydrogens (tertiary/aromatic N) is 2. The van der Waals surface area contributed by atoms with Crippen molar-refractivity contribution in [2.24, 2.45) is 52.2 Å². The second-order valence-electron chi connectivity index (χ2n) is 12.9. The molecule has 0 aromatic carbocycles. The quantitative estimate of drug-likeness (QED) is 0.430. The topological polar surface area (TPSA) is 94.5 Å². The first-order valence-electron chi connectivity index (χ1n) is 14.0. The maximum absolute atomic E-state index is 13.7. The zero-order chi connectivity index (χ0) is 25.0. The van der Waals surface area contributed by atoms with E-state index in [1.165, 1.54) is 50.0 Å². The van der Waals surface area contributed by atoms with Crippen LogP contribution in [0, 0.1) is 53.3 Å². The molecule has 1 heterocycles. The third kappa shape index (κ3) is 4.09. The van der Waals surface area contributed by atoms with Crippen molar-refractivity contribution in [3.8, 4) is 0 Å². The van der Waals surface area contributed by atoms with Gasteiger partial charge in [0.1, 0.15) is 5.82 Å². The smallest absolute Gasteiger partial charge is 0.157 e. The van der Waals surface area contributed by atoms with E-state index in [1.807, 2.05) is 20.1 Å². The van der Waals surface area contributed by atoms with Crippen LogP contribution >= 0.6 is 0 Å². The Labute approximate surface area is 211 Å². The molecular formula is C29H46N4O2. The number of rotatable bonds is 6. The first-order valence-corrected chi connectivity index (χ1v) is 14.0. The monoisotopic (exact) mass is 482 g/mol. The Bertz CT molecular complexity index is 953. The lowest BCUT2D eigenvalue weighted by atomic mass is 9.44. The van der Waals surface area contributed by atoms with Crippen molar-refractivity contribution < 1.29 is 9.53 Å². The van der Waals surface area contributed by atoms with Gasteiger partial charge in [-0.3, -0.25) is 9.80 Å². The number of hydrogen-bond acceptors (Lipinski definition) is 6. The normalized spacial score (nSPS) is 40.5. The van der Waals surface area contributed by atoms with Gasteiger partial charge in [-0.1, -0.05) is 20.3 Å². The molecule has 4 fully saturated rings. The fraction of sp³-hybridized carbons (Fsp3) is 0.793. The molecule has 0 bridgehead atoms. The SMILES string of the molecule is COCC12CCC(C)CC1CCC1C3CCC(C(=O)CN(N)c4cc(C)cnc4N)C3(C)CCC12. The van der Waals surface area contributed by atoms with Gasteiger partial charge in [-0.25, -0.2) is 10.8 Å². The van der Waals surface area contributed by atoms with Gasteiger partial charge < -0.3 is 10.5 Å². The van der Waals surface area contributed by atoms with E-state index >= 15 is 0 Å². The van der Waals surface area contributed by atoms with E-state index < -0.39 is 0 Å². The predicted octanol–water partition coefficient (Wildman–Crippen LogP) is 5.14. The molecule has 4 aliphatic carbocycles. The molecular weight excluding hydrogens is 436 g/mol. The van der Waals surface area contributed by atoms with Crippen LogP contribution in [0.2, 0.25) is 0 Å². The van der Waals surface area contributed by atoms with Gasteiger partial charge in [0.2, 0.25) is 0 Å². The van der Waals surface area contributed by atoms with E-state index in [1.54, 1.807) is 6.20 Å². The van der Waals surface area contributed by atoms with Crippen LogP contribution in [-0.2, 0) is 9.53 Å². The molecule has 0 spiro atoms. The molecule has 0 saturated heterocycles. The molecule has 6 heteroatoms. The van der Waals surface area contributed by atoms with Crippen molar-refractivity contribution >= 4 is 17.3 Å². The van der Waals surface area contributed by atoms with Crippen molar-refractivity contribution in [2.45, 2.75) is 78.6 Å². The number of aromatic nitrogens is 1. The Balaban J connectivity index is 1.34. The van der Waals surface area contributed by atoms with Crippen molar-refractivity contribution in [2.75, 3.05) is 31.0 Å². The zero-order valence-electron chi connectivity index (χ0n) is 22.3. The Morgan fingerprint density at radius 1 is 1.17 bits per heavy atom. The van der Waals surface area contributed by atoms with Gasteiger partial charge >= 0.3 is 0 Å². The molecule has 35 heavy (non-hydrogen) atoms. The van der Waals surface area contributed by atoms with Crippen LogP contribution in [0.25, 0.3) is 0 Å². The zero-order valence-corrected chi connectivity index (χ0v) is 22.3. The molecule has 0 radical (unpaired) electrons. The molecule has 4 N–H and O–H groups in total. The highest BCUT2D eigenvalue weighted by atomic mass is 16.5. The summed E-state index contributed by atoms with van der Waals surface area (Å²) in [5.74, 6) is 10.9. The van der Waals surface area contributed by atoms with Gasteiger partial charge in [-0.15, -0.1) is 0 Å². The Morgan fingerprint density at radius 2 is 1.97 bits per heavy atom. The van der Waals surface area contributed by atoms with Crippen LogP contribution in [0.4, 0.5) is 11.5 Å². The van der Waals surface area contributed by atoms with Gasteiger partial charge in [-0.05, 0) is 110 Å². The van der Waals surface area contributed by atoms with Crippen molar-refractivity contribution in [1.82, 2.24) is 4.98 Å². The standard InChI is InChI=1S/C29H46N4O2/c1-18-9-12-29(17-35-4)20(13-18)5-6-21-22-7-8-24(28(22,3)11-10-23(21)29)26(34)16-33(31)25-14-19(2)15-32-27(25)30/h14-15,18,20-24H,5-13,16-17,31H2,1-4H3,(H2,30,32). The number of Topliss-reactive ketones (excluding diaryl/α,β-unsaturated/α-hetero) is 1. The number of nitrogen functional groups attached to an aromatic ring is 1. The second-order valence-corrected chi connectivity index (χ2v) is 12.9. The molecule has 1 aromatic rings. The summed E-state index contributed by atoms with van der Waals surface area (Å²) in [6.45, 7) is 7.94. The fourth-order valence-corrected chi connectivity index (χ4v) is 9.50. The largest absolute Gasteiger partial charge is 0.384 e. The number of anilines is 2. The van der Waals surface area contributed by atoms with Crippen molar-refractivity contribution in [3.05, 3.63) is 17.8 Å². The Kier molecular flexibility index (Phi) is 6.67. The van der Waals surface area contributed by atoms with Crippen LogP contribution in [0.1, 0.15) is 77.2 Å². The van der Waals surface area contributed by atoms with Crippen molar-refractivity contribution in [1.29, 1.82) is 0 Å². The minimum Gasteiger partial charge on any atom is -0.384 e. The van der Waals surface area contributed by atoms with Crippen LogP contribution in [0.15, 0.2) is 12.3 Å². The summed E-state index contributed by atoms with van der Waals surface area (Å²) >= 11 is 0. The number of methoxy groups -OCH3 is 1. The molecule has 1 aromatic heterocycles. The van der Waals surface area contributed by atoms with Crippen LogP contribution in [0.5, 0.6) is 0 Å². The van der Waals surface area contributed by atoms with Crippen molar-refractivity contribution in [3.63, 3.8) is 0 Å². The second kappa shape index (κ2) is 9.33. The first kappa shape index (κ1) is 25.0. The minimum atomic E-state index is 0.0819. The average Bonchev–Trinajstić information content (AvgIpc) is 3.18. The van der Waals surface area contributed by atoms with E-state index in [2.05, 4.69) is 18.8 Å². The molecule has 0 amide bonds. The molecule has 5 rings (SSSR count). The molecule has 4 aliphatic rings. The van der Waals surface area contributed by atoms with Gasteiger partial charge in [-0.2, -0.15) is 0 Å². The molecule has 0 aliphatic heterocycles. The number of ether oxygens (including phenoxy) is 1. The third-order valence-electron chi connectivity index (χ3n) is 11.1. The highest BCUT2D eigenvalue weighted by molar-refractivity contribution is 5.87. The average molecular weight is 483 g/mol. The van der Waals surface area contributed by atoms with Crippen LogP contribution in [-0.4, -0.2) is 31.0 Å². The number of hydrogen-bond donors (Lipinski definition) is 2. The van der Waals surface area contributed by atoms with E-state index in [4.69, 9.17) is 16.3 Å². The van der Waals surface area contributed by atoms with Gasteiger partial charge in [0.15, 0.2) is 5.78 Å². The molecule has 6 nitrogen and oxygen atoms in total. The lowest BCUT2D eigenvalue weighted by Crippen LogP contribution is -2.56. The number of ketones is 1. The summed E-state index contributed by atoms with van der Waals surface area (Å²) in [6, 6.07) is 1.92. The summed E-state index contributed by atoms with van der Waals surface area (Å²) in [6.07, 6.45) is 13.0. The van der Waals surface area contributed by atoms with Gasteiger partial charge in [0, 0.05) is 19.2 Å². The van der Waals surface area contributed by atoms with E-state index in [9.17, 15) is 4.79 Å². The number of pyridine rings is 1. The summed E-state index contributed by atoms with van der Waals surface area (Å²) in [5.41, 5.74) is 8.14. The Morgan fingerprint density at radius 3 is 2.74 bits per heavy atom. The molecule has 8 atom stereocenters. The van der Waals surface area contributed by atoms with Crippen LogP contribution < -0.4 is 16.6 Å². The third-order valence-corrected chi connectivity index (χ3v) is 11.1. The van der Waals surface area contributed by atoms with E-state index in [-0.39, 0.29) is 23.7 Å². The predicted molar refractivity (Wildman–Crippen MR) is 141 cm³/mol. The highest BCUT2D eigenvalue weighted by Gasteiger charge is 2.62. The number of carbonyl (C=O) groups is 1. The number of carbonyl (C=O) groups excluding carboxylic acids is 1. The molecule has 8 unspecified atom stereocenters. The number of hydrazine groups is 1. The van der Waals surface area contributed by atoms with E-state index in [0.29, 0.717) is 22.8 Å². The summed E-state index contributed by atoms with van der Waals surface area (Å²) < 4.78 is 5.94. The fourth-order valence-electron chi connectivity index (χ4n) is 9.50. The summed E-state index contributed by atoms with van der Waals surface area (Å²) in [5, 5.41) is 1.52. The van der Waals surface area contributed by atoms with Crippen LogP contribution in [0.3, 0.4) is 0 Å². The minimum absolute atomic E-state index is 0.0819. The van der Waals surface area contributed by atoms with Gasteiger partial charge in [0.25, 0.3) is 0 Å². The Hall–Kier alpha value is -1.66. The maximum Gasteiger partial charge on any atom is 0.157 e. The van der Waals surface area contributed by atoms with E-state index in [0.717, 1.165) is 48.7 Å². The number of nitrogens with two attached hydrogens (primary N) is 2. The molecule has 194 valence electrons. The summed E-state index contributed by atoms with van der Waals surface area (Å²) in [7, 11) is 1.90.